The number of hydrogen-bond acceptors (Lipinski definition) is 4. The summed E-state index contributed by atoms with van der Waals surface area (Å²) < 4.78 is 40.2. The molecule has 1 amide bonds. The Labute approximate surface area is 154 Å². The number of carbonyl (C=O) groups excluding carboxylic acids is 1. The van der Waals surface area contributed by atoms with Gasteiger partial charge < -0.3 is 9.88 Å². The highest BCUT2D eigenvalue weighted by Crippen LogP contribution is 2.30. The number of nitrogens with zero attached hydrogens (tertiary/aromatic N) is 3. The van der Waals surface area contributed by atoms with Crippen molar-refractivity contribution in [1.29, 1.82) is 0 Å². The van der Waals surface area contributed by atoms with E-state index in [2.05, 4.69) is 15.5 Å². The van der Waals surface area contributed by atoms with Gasteiger partial charge in [0.05, 0.1) is 11.3 Å². The number of halogens is 3. The van der Waals surface area contributed by atoms with Crippen molar-refractivity contribution in [2.24, 2.45) is 0 Å². The summed E-state index contributed by atoms with van der Waals surface area (Å²) in [5.74, 6) is 0.706. The van der Waals surface area contributed by atoms with E-state index in [4.69, 9.17) is 0 Å². The zero-order chi connectivity index (χ0) is 19.3. The summed E-state index contributed by atoms with van der Waals surface area (Å²) in [6.45, 7) is 6.83. The fourth-order valence-corrected chi connectivity index (χ4v) is 3.14. The van der Waals surface area contributed by atoms with Crippen LogP contribution in [-0.4, -0.2) is 26.4 Å². The van der Waals surface area contributed by atoms with Crippen molar-refractivity contribution in [1.82, 2.24) is 14.8 Å². The molecular formula is C17H21F3N4OS. The van der Waals surface area contributed by atoms with Crippen molar-refractivity contribution >= 4 is 23.4 Å². The maximum absolute atomic E-state index is 12.7. The second kappa shape index (κ2) is 8.57. The lowest BCUT2D eigenvalue weighted by Crippen LogP contribution is -2.15. The van der Waals surface area contributed by atoms with Gasteiger partial charge in [0, 0.05) is 18.2 Å². The Morgan fingerprint density at radius 2 is 2.04 bits per heavy atom. The van der Waals surface area contributed by atoms with Crippen LogP contribution in [-0.2, 0) is 17.5 Å². The Kier molecular flexibility index (Phi) is 6.69. The van der Waals surface area contributed by atoms with Crippen molar-refractivity contribution in [3.63, 3.8) is 0 Å². The van der Waals surface area contributed by atoms with Crippen LogP contribution in [0.1, 0.15) is 44.5 Å². The summed E-state index contributed by atoms with van der Waals surface area (Å²) in [6, 6.07) is 4.57. The number of amides is 1. The molecule has 0 aliphatic carbocycles. The fraction of sp³-hybridized carbons (Fsp3) is 0.471. The largest absolute Gasteiger partial charge is 0.416 e. The number of nitrogens with one attached hydrogen (secondary N) is 1. The van der Waals surface area contributed by atoms with Crippen LogP contribution in [0.2, 0.25) is 0 Å². The first-order valence-electron chi connectivity index (χ1n) is 8.25. The molecule has 0 atom stereocenters. The van der Waals surface area contributed by atoms with Crippen molar-refractivity contribution < 1.29 is 18.0 Å². The zero-order valence-electron chi connectivity index (χ0n) is 14.8. The van der Waals surface area contributed by atoms with Gasteiger partial charge in [-0.3, -0.25) is 4.79 Å². The Morgan fingerprint density at radius 1 is 1.31 bits per heavy atom. The third-order valence-corrected chi connectivity index (χ3v) is 4.48. The Bertz CT molecular complexity index is 759. The number of rotatable bonds is 7. The molecule has 0 radical (unpaired) electrons. The lowest BCUT2D eigenvalue weighted by atomic mass is 10.2. The average Bonchev–Trinajstić information content (AvgIpc) is 2.96. The Hall–Kier alpha value is -2.03. The number of benzene rings is 1. The highest BCUT2D eigenvalue weighted by Gasteiger charge is 2.30. The maximum atomic E-state index is 12.7. The molecule has 1 aromatic carbocycles. The lowest BCUT2D eigenvalue weighted by Gasteiger charge is -2.11. The summed E-state index contributed by atoms with van der Waals surface area (Å²) in [5, 5.41) is 11.4. The second-order valence-corrected chi connectivity index (χ2v) is 7.01. The van der Waals surface area contributed by atoms with E-state index in [-0.39, 0.29) is 17.4 Å². The molecule has 9 heteroatoms. The summed E-state index contributed by atoms with van der Waals surface area (Å²) in [4.78, 5) is 12.1. The van der Waals surface area contributed by atoms with Gasteiger partial charge in [0.15, 0.2) is 5.16 Å². The molecule has 0 spiro atoms. The third kappa shape index (κ3) is 5.23. The van der Waals surface area contributed by atoms with Crippen molar-refractivity contribution in [2.45, 2.75) is 51.0 Å². The minimum absolute atomic E-state index is 0.0379. The number of alkyl halides is 3. The van der Waals surface area contributed by atoms with Gasteiger partial charge in [-0.2, -0.15) is 13.2 Å². The summed E-state index contributed by atoms with van der Waals surface area (Å²) >= 11 is 1.22. The van der Waals surface area contributed by atoms with Crippen LogP contribution in [0.4, 0.5) is 18.9 Å². The van der Waals surface area contributed by atoms with Gasteiger partial charge in [-0.25, -0.2) is 0 Å². The van der Waals surface area contributed by atoms with Gasteiger partial charge in [-0.05, 0) is 24.6 Å². The monoisotopic (exact) mass is 386 g/mol. The van der Waals surface area contributed by atoms with Gasteiger partial charge in [0.2, 0.25) is 5.91 Å². The SMILES string of the molecule is CCCn1c(SCC(=O)Nc2cccc(C(F)(F)F)c2)nnc1C(C)C. The quantitative estimate of drug-likeness (QED) is 0.709. The second-order valence-electron chi connectivity index (χ2n) is 6.06. The predicted octanol–water partition coefficient (Wildman–Crippen LogP) is 4.56. The first-order chi connectivity index (χ1) is 12.2. The summed E-state index contributed by atoms with van der Waals surface area (Å²) in [5.41, 5.74) is -0.685. The molecule has 5 nitrogen and oxygen atoms in total. The lowest BCUT2D eigenvalue weighted by molar-refractivity contribution is -0.137. The molecule has 0 aliphatic heterocycles. The average molecular weight is 386 g/mol. The molecule has 1 N–H and O–H groups in total. The molecule has 0 fully saturated rings. The van der Waals surface area contributed by atoms with Crippen LogP contribution in [0.5, 0.6) is 0 Å². The normalized spacial score (nSPS) is 11.8. The molecule has 0 aliphatic rings. The summed E-state index contributed by atoms with van der Waals surface area (Å²) in [6.07, 6.45) is -3.54. The van der Waals surface area contributed by atoms with Crippen molar-refractivity contribution in [2.75, 3.05) is 11.1 Å². The smallest absolute Gasteiger partial charge is 0.325 e. The summed E-state index contributed by atoms with van der Waals surface area (Å²) in [7, 11) is 0. The number of aromatic nitrogens is 3. The van der Waals surface area contributed by atoms with Crippen LogP contribution >= 0.6 is 11.8 Å². The third-order valence-electron chi connectivity index (χ3n) is 3.52. The molecule has 1 aromatic heterocycles. The molecule has 0 bridgehead atoms. The topological polar surface area (TPSA) is 59.8 Å². The van der Waals surface area contributed by atoms with Crippen LogP contribution in [0.3, 0.4) is 0 Å². The highest BCUT2D eigenvalue weighted by atomic mass is 32.2. The van der Waals surface area contributed by atoms with E-state index in [1.54, 1.807) is 0 Å². The minimum atomic E-state index is -4.45. The molecule has 142 valence electrons. The molecule has 0 unspecified atom stereocenters. The first kappa shape index (κ1) is 20.3. The maximum Gasteiger partial charge on any atom is 0.416 e. The van der Waals surface area contributed by atoms with Gasteiger partial charge in [0.1, 0.15) is 5.82 Å². The molecule has 2 aromatic rings. The predicted molar refractivity (Wildman–Crippen MR) is 95.2 cm³/mol. The van der Waals surface area contributed by atoms with Gasteiger partial charge in [-0.15, -0.1) is 10.2 Å². The molecule has 0 saturated heterocycles. The molecular weight excluding hydrogens is 365 g/mol. The van der Waals surface area contributed by atoms with E-state index < -0.39 is 17.6 Å². The fourth-order valence-electron chi connectivity index (χ4n) is 2.37. The number of thioether (sulfide) groups is 1. The van der Waals surface area contributed by atoms with E-state index >= 15 is 0 Å². The molecule has 0 saturated carbocycles. The standard InChI is InChI=1S/C17H21F3N4OS/c1-4-8-24-15(11(2)3)22-23-16(24)26-10-14(25)21-13-7-5-6-12(9-13)17(18,19)20/h5-7,9,11H,4,8,10H2,1-3H3,(H,21,25). The van der Waals surface area contributed by atoms with Crippen LogP contribution < -0.4 is 5.32 Å². The molecule has 26 heavy (non-hydrogen) atoms. The van der Waals surface area contributed by atoms with Crippen LogP contribution in [0.25, 0.3) is 0 Å². The van der Waals surface area contributed by atoms with E-state index in [9.17, 15) is 18.0 Å². The van der Waals surface area contributed by atoms with E-state index in [0.29, 0.717) is 5.16 Å². The van der Waals surface area contributed by atoms with Crippen molar-refractivity contribution in [3.05, 3.63) is 35.7 Å². The van der Waals surface area contributed by atoms with Crippen molar-refractivity contribution in [3.8, 4) is 0 Å². The molecule has 2 rings (SSSR count). The Morgan fingerprint density at radius 3 is 2.65 bits per heavy atom. The van der Waals surface area contributed by atoms with Gasteiger partial charge >= 0.3 is 6.18 Å². The zero-order valence-corrected chi connectivity index (χ0v) is 15.6. The van der Waals surface area contributed by atoms with E-state index in [1.165, 1.54) is 23.9 Å². The molecule has 1 heterocycles. The van der Waals surface area contributed by atoms with Gasteiger partial charge in [-0.1, -0.05) is 38.6 Å². The number of hydrogen-bond donors (Lipinski definition) is 1. The van der Waals surface area contributed by atoms with E-state index in [0.717, 1.165) is 30.9 Å². The Balaban J connectivity index is 2.02. The minimum Gasteiger partial charge on any atom is -0.325 e. The number of anilines is 1. The highest BCUT2D eigenvalue weighted by molar-refractivity contribution is 7.99. The van der Waals surface area contributed by atoms with E-state index in [1.807, 2.05) is 25.3 Å². The van der Waals surface area contributed by atoms with Gasteiger partial charge in [0.25, 0.3) is 0 Å². The first-order valence-corrected chi connectivity index (χ1v) is 9.24. The number of carbonyl (C=O) groups is 1. The van der Waals surface area contributed by atoms with Crippen LogP contribution in [0, 0.1) is 0 Å². The van der Waals surface area contributed by atoms with Crippen LogP contribution in [0.15, 0.2) is 29.4 Å².